The Labute approximate surface area is 95.7 Å². The van der Waals surface area contributed by atoms with Gasteiger partial charge in [-0.2, -0.15) is 5.26 Å². The van der Waals surface area contributed by atoms with Crippen LogP contribution in [-0.2, 0) is 11.2 Å². The fourth-order valence-electron chi connectivity index (χ4n) is 1.46. The lowest BCUT2D eigenvalue weighted by atomic mass is 10.1. The molecule has 1 aromatic rings. The third kappa shape index (κ3) is 4.14. The minimum absolute atomic E-state index is 0.112. The number of Topliss-reactive ketones (excluding diaryl/α,β-unsaturated/α-hetero) is 1. The molecule has 3 heteroatoms. The largest absolute Gasteiger partial charge is 0.490 e. The first-order valence-corrected chi connectivity index (χ1v) is 5.24. The van der Waals surface area contributed by atoms with Crippen molar-refractivity contribution in [3.8, 4) is 11.8 Å². The summed E-state index contributed by atoms with van der Waals surface area (Å²) in [6.45, 7) is 3.42. The third-order valence-electron chi connectivity index (χ3n) is 2.12. The van der Waals surface area contributed by atoms with Gasteiger partial charge in [-0.3, -0.25) is 4.79 Å². The standard InChI is InChI=1S/C13H15NO2/c1-10(15)9-11(2)16-13-5-3-12(4-6-13)7-8-14/h3-6,11H,7,9H2,1-2H3. The second-order valence-electron chi connectivity index (χ2n) is 3.81. The number of hydrogen-bond acceptors (Lipinski definition) is 3. The number of hydrogen-bond donors (Lipinski definition) is 0. The van der Waals surface area contributed by atoms with E-state index in [0.717, 1.165) is 11.3 Å². The van der Waals surface area contributed by atoms with Crippen LogP contribution in [-0.4, -0.2) is 11.9 Å². The minimum atomic E-state index is -0.112. The van der Waals surface area contributed by atoms with Crippen molar-refractivity contribution >= 4 is 5.78 Å². The number of benzene rings is 1. The summed E-state index contributed by atoms with van der Waals surface area (Å²) in [5.41, 5.74) is 0.967. The Balaban J connectivity index is 2.55. The van der Waals surface area contributed by atoms with Crippen molar-refractivity contribution in [1.29, 1.82) is 5.26 Å². The molecule has 3 nitrogen and oxygen atoms in total. The van der Waals surface area contributed by atoms with Crippen LogP contribution in [0.1, 0.15) is 25.8 Å². The van der Waals surface area contributed by atoms with E-state index < -0.39 is 0 Å². The molecule has 0 N–H and O–H groups in total. The summed E-state index contributed by atoms with van der Waals surface area (Å²) in [5, 5.41) is 8.51. The van der Waals surface area contributed by atoms with Crippen LogP contribution in [0.4, 0.5) is 0 Å². The highest BCUT2D eigenvalue weighted by Crippen LogP contribution is 2.15. The highest BCUT2D eigenvalue weighted by molar-refractivity contribution is 5.75. The van der Waals surface area contributed by atoms with Gasteiger partial charge in [0.15, 0.2) is 0 Å². The van der Waals surface area contributed by atoms with Gasteiger partial charge >= 0.3 is 0 Å². The van der Waals surface area contributed by atoms with E-state index in [0.29, 0.717) is 12.8 Å². The van der Waals surface area contributed by atoms with Crippen LogP contribution in [0.25, 0.3) is 0 Å². The van der Waals surface area contributed by atoms with Gasteiger partial charge in [0, 0.05) is 6.42 Å². The number of nitriles is 1. The van der Waals surface area contributed by atoms with Crippen molar-refractivity contribution in [1.82, 2.24) is 0 Å². The quantitative estimate of drug-likeness (QED) is 0.761. The van der Waals surface area contributed by atoms with Gasteiger partial charge < -0.3 is 4.74 Å². The molecule has 0 saturated heterocycles. The molecule has 0 radical (unpaired) electrons. The average molecular weight is 217 g/mol. The maximum atomic E-state index is 10.9. The monoisotopic (exact) mass is 217 g/mol. The molecule has 0 heterocycles. The van der Waals surface area contributed by atoms with Gasteiger partial charge in [0.05, 0.1) is 12.5 Å². The van der Waals surface area contributed by atoms with E-state index in [4.69, 9.17) is 10.00 Å². The predicted octanol–water partition coefficient (Wildman–Crippen LogP) is 2.50. The second-order valence-corrected chi connectivity index (χ2v) is 3.81. The van der Waals surface area contributed by atoms with Crippen LogP contribution in [0.2, 0.25) is 0 Å². The Morgan fingerprint density at radius 3 is 2.56 bits per heavy atom. The zero-order valence-electron chi connectivity index (χ0n) is 9.56. The number of ether oxygens (including phenoxy) is 1. The van der Waals surface area contributed by atoms with Crippen molar-refractivity contribution < 1.29 is 9.53 Å². The summed E-state index contributed by atoms with van der Waals surface area (Å²) in [5.74, 6) is 0.851. The van der Waals surface area contributed by atoms with E-state index in [2.05, 4.69) is 6.07 Å². The maximum absolute atomic E-state index is 10.9. The van der Waals surface area contributed by atoms with Crippen LogP contribution in [0, 0.1) is 11.3 Å². The molecule has 0 aliphatic rings. The average Bonchev–Trinajstić information content (AvgIpc) is 2.20. The molecule has 0 aromatic heterocycles. The molecule has 1 atom stereocenters. The summed E-state index contributed by atoms with van der Waals surface area (Å²) in [4.78, 5) is 10.9. The summed E-state index contributed by atoms with van der Waals surface area (Å²) < 4.78 is 5.55. The molecular weight excluding hydrogens is 202 g/mol. The first-order chi connectivity index (χ1) is 7.61. The van der Waals surface area contributed by atoms with E-state index in [1.54, 1.807) is 6.92 Å². The molecule has 16 heavy (non-hydrogen) atoms. The Hall–Kier alpha value is -1.82. The lowest BCUT2D eigenvalue weighted by Gasteiger charge is -2.13. The van der Waals surface area contributed by atoms with E-state index in [-0.39, 0.29) is 11.9 Å². The summed E-state index contributed by atoms with van der Waals surface area (Å²) in [7, 11) is 0. The van der Waals surface area contributed by atoms with Gasteiger partial charge in [-0.1, -0.05) is 12.1 Å². The molecule has 1 rings (SSSR count). The number of nitrogens with zero attached hydrogens (tertiary/aromatic N) is 1. The number of carbonyl (C=O) groups excluding carboxylic acids is 1. The topological polar surface area (TPSA) is 50.1 Å². The van der Waals surface area contributed by atoms with Crippen molar-refractivity contribution in [3.05, 3.63) is 29.8 Å². The van der Waals surface area contributed by atoms with E-state index in [1.807, 2.05) is 31.2 Å². The van der Waals surface area contributed by atoms with Gasteiger partial charge in [0.2, 0.25) is 0 Å². The van der Waals surface area contributed by atoms with Crippen molar-refractivity contribution in [2.45, 2.75) is 32.8 Å². The molecule has 1 unspecified atom stereocenters. The number of rotatable bonds is 5. The smallest absolute Gasteiger partial charge is 0.133 e. The molecule has 0 fully saturated rings. The van der Waals surface area contributed by atoms with Crippen molar-refractivity contribution in [2.24, 2.45) is 0 Å². The third-order valence-corrected chi connectivity index (χ3v) is 2.12. The Morgan fingerprint density at radius 2 is 2.06 bits per heavy atom. The second kappa shape index (κ2) is 5.92. The molecule has 0 aliphatic heterocycles. The first kappa shape index (κ1) is 12.3. The van der Waals surface area contributed by atoms with Gasteiger partial charge in [0.25, 0.3) is 0 Å². The predicted molar refractivity (Wildman–Crippen MR) is 61.1 cm³/mol. The van der Waals surface area contributed by atoms with Crippen LogP contribution in [0.3, 0.4) is 0 Å². The lowest BCUT2D eigenvalue weighted by molar-refractivity contribution is -0.118. The van der Waals surface area contributed by atoms with Gasteiger partial charge in [-0.05, 0) is 31.5 Å². The Morgan fingerprint density at radius 1 is 1.44 bits per heavy atom. The molecule has 0 aliphatic carbocycles. The van der Waals surface area contributed by atoms with Crippen LogP contribution >= 0.6 is 0 Å². The van der Waals surface area contributed by atoms with E-state index in [1.165, 1.54) is 0 Å². The Kier molecular flexibility index (Phi) is 4.53. The lowest BCUT2D eigenvalue weighted by Crippen LogP contribution is -2.15. The van der Waals surface area contributed by atoms with Crippen molar-refractivity contribution in [3.63, 3.8) is 0 Å². The molecule has 0 bridgehead atoms. The van der Waals surface area contributed by atoms with E-state index >= 15 is 0 Å². The number of carbonyl (C=O) groups is 1. The molecular formula is C13H15NO2. The summed E-state index contributed by atoms with van der Waals surface area (Å²) in [6.07, 6.45) is 0.711. The summed E-state index contributed by atoms with van der Waals surface area (Å²) >= 11 is 0. The molecule has 0 spiro atoms. The zero-order chi connectivity index (χ0) is 12.0. The number of ketones is 1. The van der Waals surface area contributed by atoms with Crippen LogP contribution < -0.4 is 4.74 Å². The van der Waals surface area contributed by atoms with E-state index in [9.17, 15) is 4.79 Å². The van der Waals surface area contributed by atoms with Crippen LogP contribution in [0.5, 0.6) is 5.75 Å². The zero-order valence-corrected chi connectivity index (χ0v) is 9.56. The SMILES string of the molecule is CC(=O)CC(C)Oc1ccc(CC#N)cc1. The van der Waals surface area contributed by atoms with Crippen LogP contribution in [0.15, 0.2) is 24.3 Å². The fraction of sp³-hybridized carbons (Fsp3) is 0.385. The molecule has 0 amide bonds. The van der Waals surface area contributed by atoms with Gasteiger partial charge in [0.1, 0.15) is 17.6 Å². The molecule has 0 saturated carbocycles. The van der Waals surface area contributed by atoms with Crippen molar-refractivity contribution in [2.75, 3.05) is 0 Å². The maximum Gasteiger partial charge on any atom is 0.133 e. The Bertz CT molecular complexity index is 389. The highest BCUT2D eigenvalue weighted by Gasteiger charge is 2.06. The summed E-state index contributed by atoms with van der Waals surface area (Å²) in [6, 6.07) is 9.45. The first-order valence-electron chi connectivity index (χ1n) is 5.24. The minimum Gasteiger partial charge on any atom is -0.490 e. The highest BCUT2D eigenvalue weighted by atomic mass is 16.5. The molecule has 84 valence electrons. The normalized spacial score (nSPS) is 11.6. The fourth-order valence-corrected chi connectivity index (χ4v) is 1.46. The molecule has 1 aromatic carbocycles. The van der Waals surface area contributed by atoms with Gasteiger partial charge in [-0.25, -0.2) is 0 Å². The van der Waals surface area contributed by atoms with Gasteiger partial charge in [-0.15, -0.1) is 0 Å².